The van der Waals surface area contributed by atoms with Crippen LogP contribution in [0.3, 0.4) is 0 Å². The van der Waals surface area contributed by atoms with Gasteiger partial charge in [0.2, 0.25) is 17.7 Å². The summed E-state index contributed by atoms with van der Waals surface area (Å²) in [7, 11) is 0. The number of benzene rings is 1. The fraction of sp³-hybridized carbons (Fsp3) is 0.438. The summed E-state index contributed by atoms with van der Waals surface area (Å²) in [5.74, 6) is -0.519. The van der Waals surface area contributed by atoms with Crippen molar-refractivity contribution in [3.8, 4) is 0 Å². The van der Waals surface area contributed by atoms with Crippen molar-refractivity contribution in [3.05, 3.63) is 35.4 Å². The van der Waals surface area contributed by atoms with Gasteiger partial charge >= 0.3 is 0 Å². The van der Waals surface area contributed by atoms with Crippen LogP contribution >= 0.6 is 0 Å². The van der Waals surface area contributed by atoms with E-state index >= 15 is 0 Å². The van der Waals surface area contributed by atoms with Crippen LogP contribution < -0.4 is 5.32 Å². The van der Waals surface area contributed by atoms with Crippen LogP contribution in [0.1, 0.15) is 43.4 Å². The zero-order valence-corrected chi connectivity index (χ0v) is 12.4. The topological polar surface area (TPSA) is 66.5 Å². The third-order valence-electron chi connectivity index (χ3n) is 3.67. The number of aryl methyl sites for hydroxylation is 1. The maximum Gasteiger partial charge on any atom is 0.229 e. The van der Waals surface area contributed by atoms with E-state index in [1.54, 1.807) is 0 Å². The third-order valence-corrected chi connectivity index (χ3v) is 3.67. The van der Waals surface area contributed by atoms with Gasteiger partial charge in [-0.05, 0) is 19.4 Å². The summed E-state index contributed by atoms with van der Waals surface area (Å²) in [5, 5.41) is 2.88. The minimum Gasteiger partial charge on any atom is -0.350 e. The van der Waals surface area contributed by atoms with Crippen LogP contribution in [0.15, 0.2) is 24.3 Å². The van der Waals surface area contributed by atoms with Gasteiger partial charge in [-0.3, -0.25) is 19.3 Å². The summed E-state index contributed by atoms with van der Waals surface area (Å²) in [4.78, 5) is 36.0. The van der Waals surface area contributed by atoms with Crippen LogP contribution in [0.4, 0.5) is 0 Å². The molecule has 112 valence electrons. The highest BCUT2D eigenvalue weighted by atomic mass is 16.2. The van der Waals surface area contributed by atoms with Crippen molar-refractivity contribution in [1.29, 1.82) is 0 Å². The number of carbonyl (C=O) groups excluding carboxylic acids is 3. The number of amides is 3. The van der Waals surface area contributed by atoms with Crippen LogP contribution in [-0.2, 0) is 14.4 Å². The minimum atomic E-state index is -0.181. The fourth-order valence-electron chi connectivity index (χ4n) is 2.34. The lowest BCUT2D eigenvalue weighted by atomic mass is 10.1. The van der Waals surface area contributed by atoms with Gasteiger partial charge in [-0.15, -0.1) is 0 Å². The van der Waals surface area contributed by atoms with Crippen LogP contribution in [0.5, 0.6) is 0 Å². The van der Waals surface area contributed by atoms with Crippen molar-refractivity contribution in [2.45, 2.75) is 39.2 Å². The Balaban J connectivity index is 1.83. The number of likely N-dealkylation sites (tertiary alicyclic amines) is 1. The first-order valence-corrected chi connectivity index (χ1v) is 7.16. The lowest BCUT2D eigenvalue weighted by Crippen LogP contribution is -2.34. The molecule has 5 nitrogen and oxygen atoms in total. The highest BCUT2D eigenvalue weighted by molar-refractivity contribution is 6.02. The Morgan fingerprint density at radius 1 is 1.19 bits per heavy atom. The first-order valence-electron chi connectivity index (χ1n) is 7.16. The van der Waals surface area contributed by atoms with E-state index in [1.807, 2.05) is 38.1 Å². The molecule has 0 saturated carbocycles. The maximum absolute atomic E-state index is 11.9. The Morgan fingerprint density at radius 2 is 1.76 bits per heavy atom. The molecule has 1 atom stereocenters. The summed E-state index contributed by atoms with van der Waals surface area (Å²) in [6, 6.07) is 7.86. The van der Waals surface area contributed by atoms with Crippen molar-refractivity contribution in [3.63, 3.8) is 0 Å². The number of carbonyl (C=O) groups is 3. The quantitative estimate of drug-likeness (QED) is 0.839. The van der Waals surface area contributed by atoms with Crippen molar-refractivity contribution < 1.29 is 14.4 Å². The lowest BCUT2D eigenvalue weighted by Gasteiger charge is -2.17. The molecule has 1 heterocycles. The molecule has 0 aromatic heterocycles. The number of hydrogen-bond acceptors (Lipinski definition) is 3. The molecule has 1 aliphatic heterocycles. The number of imide groups is 1. The van der Waals surface area contributed by atoms with Crippen LogP contribution in [-0.4, -0.2) is 29.2 Å². The summed E-state index contributed by atoms with van der Waals surface area (Å²) < 4.78 is 0. The molecule has 3 amide bonds. The van der Waals surface area contributed by atoms with E-state index < -0.39 is 0 Å². The lowest BCUT2D eigenvalue weighted by molar-refractivity contribution is -0.138. The number of hydrogen-bond donors (Lipinski definition) is 1. The predicted molar refractivity (Wildman–Crippen MR) is 78.3 cm³/mol. The van der Waals surface area contributed by atoms with Gasteiger partial charge in [-0.1, -0.05) is 29.8 Å². The first kappa shape index (κ1) is 15.2. The number of rotatable bonds is 5. The van der Waals surface area contributed by atoms with Crippen LogP contribution in [0, 0.1) is 6.92 Å². The smallest absolute Gasteiger partial charge is 0.229 e. The van der Waals surface area contributed by atoms with Gasteiger partial charge in [-0.2, -0.15) is 0 Å². The second kappa shape index (κ2) is 6.52. The highest BCUT2D eigenvalue weighted by Crippen LogP contribution is 2.14. The molecular weight excluding hydrogens is 268 g/mol. The molecule has 1 aliphatic rings. The second-order valence-electron chi connectivity index (χ2n) is 5.39. The van der Waals surface area contributed by atoms with E-state index in [1.165, 1.54) is 10.5 Å². The van der Waals surface area contributed by atoms with E-state index in [9.17, 15) is 14.4 Å². The van der Waals surface area contributed by atoms with Crippen LogP contribution in [0.25, 0.3) is 0 Å². The Bertz CT molecular complexity index is 535. The predicted octanol–water partition coefficient (Wildman–Crippen LogP) is 1.71. The van der Waals surface area contributed by atoms with Crippen molar-refractivity contribution >= 4 is 17.7 Å². The molecular formula is C16H20N2O3. The SMILES string of the molecule is Cc1ccc(C(C)NC(=O)CCN2C(=O)CCC2=O)cc1. The molecule has 21 heavy (non-hydrogen) atoms. The largest absolute Gasteiger partial charge is 0.350 e. The molecule has 1 unspecified atom stereocenters. The maximum atomic E-state index is 11.9. The third kappa shape index (κ3) is 3.90. The molecule has 1 fully saturated rings. The van der Waals surface area contributed by atoms with E-state index in [-0.39, 0.29) is 49.6 Å². The van der Waals surface area contributed by atoms with Gasteiger partial charge in [0.25, 0.3) is 0 Å². The van der Waals surface area contributed by atoms with Crippen molar-refractivity contribution in [2.24, 2.45) is 0 Å². The van der Waals surface area contributed by atoms with E-state index in [0.29, 0.717) is 0 Å². The highest BCUT2D eigenvalue weighted by Gasteiger charge is 2.28. The molecule has 0 spiro atoms. The van der Waals surface area contributed by atoms with Gasteiger partial charge < -0.3 is 5.32 Å². The zero-order valence-electron chi connectivity index (χ0n) is 12.4. The molecule has 1 aromatic rings. The average molecular weight is 288 g/mol. The summed E-state index contributed by atoms with van der Waals surface area (Å²) in [5.41, 5.74) is 2.20. The number of nitrogens with zero attached hydrogens (tertiary/aromatic N) is 1. The molecule has 0 aliphatic carbocycles. The van der Waals surface area contributed by atoms with Crippen molar-refractivity contribution in [1.82, 2.24) is 10.2 Å². The fourth-order valence-corrected chi connectivity index (χ4v) is 2.34. The Kier molecular flexibility index (Phi) is 4.73. The molecule has 1 N–H and O–H groups in total. The molecule has 5 heteroatoms. The van der Waals surface area contributed by atoms with Gasteiger partial charge in [-0.25, -0.2) is 0 Å². The summed E-state index contributed by atoms with van der Waals surface area (Å²) in [6.45, 7) is 4.09. The summed E-state index contributed by atoms with van der Waals surface area (Å²) >= 11 is 0. The first-order chi connectivity index (χ1) is 9.97. The van der Waals surface area contributed by atoms with E-state index in [4.69, 9.17) is 0 Å². The molecule has 0 radical (unpaired) electrons. The zero-order chi connectivity index (χ0) is 15.4. The summed E-state index contributed by atoms with van der Waals surface area (Å²) in [6.07, 6.45) is 0.675. The molecule has 0 bridgehead atoms. The molecule has 2 rings (SSSR count). The van der Waals surface area contributed by atoms with Gasteiger partial charge in [0, 0.05) is 25.8 Å². The Hall–Kier alpha value is -2.17. The van der Waals surface area contributed by atoms with Gasteiger partial charge in [0.15, 0.2) is 0 Å². The second-order valence-corrected chi connectivity index (χ2v) is 5.39. The average Bonchev–Trinajstić information content (AvgIpc) is 2.76. The van der Waals surface area contributed by atoms with Gasteiger partial charge in [0.1, 0.15) is 0 Å². The standard InChI is InChI=1S/C16H20N2O3/c1-11-3-5-13(6-4-11)12(2)17-14(19)9-10-18-15(20)7-8-16(18)21/h3-6,12H,7-10H2,1-2H3,(H,17,19). The van der Waals surface area contributed by atoms with Gasteiger partial charge in [0.05, 0.1) is 6.04 Å². The minimum absolute atomic E-state index is 0.0944. The number of nitrogens with one attached hydrogen (secondary N) is 1. The monoisotopic (exact) mass is 288 g/mol. The van der Waals surface area contributed by atoms with E-state index in [0.717, 1.165) is 5.56 Å². The van der Waals surface area contributed by atoms with E-state index in [2.05, 4.69) is 5.32 Å². The normalized spacial score (nSPS) is 16.2. The Labute approximate surface area is 124 Å². The van der Waals surface area contributed by atoms with Crippen LogP contribution in [0.2, 0.25) is 0 Å². The Morgan fingerprint density at radius 3 is 2.33 bits per heavy atom. The van der Waals surface area contributed by atoms with Crippen molar-refractivity contribution in [2.75, 3.05) is 6.54 Å². The molecule has 1 aromatic carbocycles. The molecule has 1 saturated heterocycles.